The zero-order valence-electron chi connectivity index (χ0n) is 15.9. The van der Waals surface area contributed by atoms with Gasteiger partial charge in [0.1, 0.15) is 0 Å². The number of thioether (sulfide) groups is 1. The fourth-order valence-electron chi connectivity index (χ4n) is 3.28. The lowest BCUT2D eigenvalue weighted by Crippen LogP contribution is -2.52. The first kappa shape index (κ1) is 20.8. The Kier molecular flexibility index (Phi) is 7.42. The molecule has 4 nitrogen and oxygen atoms in total. The minimum Gasteiger partial charge on any atom is -0.325 e. The van der Waals surface area contributed by atoms with Crippen LogP contribution in [0.4, 0.5) is 14.5 Å². The molecule has 1 atom stereocenters. The number of carbonyl (C=O) groups is 1. The summed E-state index contributed by atoms with van der Waals surface area (Å²) in [7, 11) is 0. The number of halogens is 2. The molecule has 150 valence electrons. The molecule has 0 spiro atoms. The lowest BCUT2D eigenvalue weighted by atomic mass is 10.1. The number of rotatable bonds is 7. The Bertz CT molecular complexity index is 750. The molecule has 0 saturated carbocycles. The van der Waals surface area contributed by atoms with Gasteiger partial charge in [-0.2, -0.15) is 8.78 Å². The summed E-state index contributed by atoms with van der Waals surface area (Å²) >= 11 is 0.497. The van der Waals surface area contributed by atoms with Gasteiger partial charge in [0.2, 0.25) is 5.91 Å². The van der Waals surface area contributed by atoms with Crippen molar-refractivity contribution in [1.82, 2.24) is 9.80 Å². The molecular formula is C21H25F2N3OS. The molecule has 1 amide bonds. The standard InChI is InChI=1S/C21H25F2N3OS/c1-16(20(27)24-18-7-9-19(10-8-18)28-21(22)23)26-13-11-25(12-14-26)15-17-5-3-2-4-6-17/h2-10,16,21H,11-15H2,1H3,(H,24,27)/t16-/m1/s1. The first-order valence-corrected chi connectivity index (χ1v) is 10.3. The Labute approximate surface area is 168 Å². The zero-order chi connectivity index (χ0) is 19.9. The van der Waals surface area contributed by atoms with Crippen LogP contribution in [0, 0.1) is 0 Å². The second kappa shape index (κ2) is 10.0. The molecule has 1 N–H and O–H groups in total. The van der Waals surface area contributed by atoms with Crippen molar-refractivity contribution in [2.45, 2.75) is 30.2 Å². The number of anilines is 1. The number of hydrogen-bond donors (Lipinski definition) is 1. The second-order valence-electron chi connectivity index (χ2n) is 6.87. The van der Waals surface area contributed by atoms with Gasteiger partial charge in [-0.15, -0.1) is 0 Å². The van der Waals surface area contributed by atoms with Crippen molar-refractivity contribution in [3.05, 3.63) is 60.2 Å². The number of hydrogen-bond acceptors (Lipinski definition) is 4. The van der Waals surface area contributed by atoms with Gasteiger partial charge in [0.05, 0.1) is 6.04 Å². The quantitative estimate of drug-likeness (QED) is 0.702. The van der Waals surface area contributed by atoms with Crippen molar-refractivity contribution in [2.24, 2.45) is 0 Å². The molecule has 2 aromatic carbocycles. The number of nitrogens with one attached hydrogen (secondary N) is 1. The van der Waals surface area contributed by atoms with E-state index in [4.69, 9.17) is 0 Å². The molecule has 0 bridgehead atoms. The monoisotopic (exact) mass is 405 g/mol. The van der Waals surface area contributed by atoms with E-state index in [0.717, 1.165) is 32.7 Å². The fraction of sp³-hybridized carbons (Fsp3) is 0.381. The van der Waals surface area contributed by atoms with Gasteiger partial charge in [-0.05, 0) is 36.8 Å². The van der Waals surface area contributed by atoms with Gasteiger partial charge in [0, 0.05) is 43.3 Å². The van der Waals surface area contributed by atoms with E-state index in [9.17, 15) is 13.6 Å². The molecule has 1 aliphatic heterocycles. The predicted molar refractivity (Wildman–Crippen MR) is 110 cm³/mol. The first-order chi connectivity index (χ1) is 13.5. The van der Waals surface area contributed by atoms with Crippen LogP contribution in [0.1, 0.15) is 12.5 Å². The normalized spacial score (nSPS) is 16.9. The fourth-order valence-corrected chi connectivity index (χ4v) is 3.78. The highest BCUT2D eigenvalue weighted by Gasteiger charge is 2.25. The average Bonchev–Trinajstić information content (AvgIpc) is 2.70. The summed E-state index contributed by atoms with van der Waals surface area (Å²) in [4.78, 5) is 17.6. The first-order valence-electron chi connectivity index (χ1n) is 9.37. The van der Waals surface area contributed by atoms with Crippen molar-refractivity contribution in [3.63, 3.8) is 0 Å². The molecule has 0 unspecified atom stereocenters. The van der Waals surface area contributed by atoms with Gasteiger partial charge in [0.15, 0.2) is 0 Å². The summed E-state index contributed by atoms with van der Waals surface area (Å²) in [6, 6.07) is 16.7. The molecule has 28 heavy (non-hydrogen) atoms. The molecule has 1 heterocycles. The largest absolute Gasteiger partial charge is 0.325 e. The molecule has 3 rings (SSSR count). The third kappa shape index (κ3) is 6.02. The SMILES string of the molecule is C[C@H](C(=O)Nc1ccc(SC(F)F)cc1)N1CCN(Cc2ccccc2)CC1. The van der Waals surface area contributed by atoms with E-state index >= 15 is 0 Å². The third-order valence-electron chi connectivity index (χ3n) is 4.93. The van der Waals surface area contributed by atoms with E-state index in [-0.39, 0.29) is 11.9 Å². The van der Waals surface area contributed by atoms with Crippen molar-refractivity contribution >= 4 is 23.4 Å². The van der Waals surface area contributed by atoms with Crippen molar-refractivity contribution < 1.29 is 13.6 Å². The molecular weight excluding hydrogens is 380 g/mol. The van der Waals surface area contributed by atoms with E-state index in [0.29, 0.717) is 22.3 Å². The summed E-state index contributed by atoms with van der Waals surface area (Å²) in [5, 5.41) is 2.88. The van der Waals surface area contributed by atoms with Gasteiger partial charge in [-0.3, -0.25) is 14.6 Å². The van der Waals surface area contributed by atoms with E-state index in [1.54, 1.807) is 24.3 Å². The van der Waals surface area contributed by atoms with Crippen molar-refractivity contribution in [2.75, 3.05) is 31.5 Å². The summed E-state index contributed by atoms with van der Waals surface area (Å²) < 4.78 is 24.8. The van der Waals surface area contributed by atoms with Crippen LogP contribution < -0.4 is 5.32 Å². The van der Waals surface area contributed by atoms with Crippen LogP contribution in [-0.2, 0) is 11.3 Å². The Morgan fingerprint density at radius 2 is 1.68 bits per heavy atom. The molecule has 7 heteroatoms. The maximum atomic E-state index is 12.6. The Morgan fingerprint density at radius 3 is 2.29 bits per heavy atom. The number of amides is 1. The Balaban J connectivity index is 1.46. The second-order valence-corrected chi connectivity index (χ2v) is 7.93. The van der Waals surface area contributed by atoms with Crippen LogP contribution in [0.15, 0.2) is 59.5 Å². The molecule has 0 aliphatic carbocycles. The lowest BCUT2D eigenvalue weighted by Gasteiger charge is -2.37. The van der Waals surface area contributed by atoms with Crippen LogP contribution in [0.5, 0.6) is 0 Å². The van der Waals surface area contributed by atoms with Crippen molar-refractivity contribution in [3.8, 4) is 0 Å². The Hall–Kier alpha value is -1.96. The molecule has 1 aliphatic rings. The topological polar surface area (TPSA) is 35.6 Å². The van der Waals surface area contributed by atoms with Gasteiger partial charge in [-0.25, -0.2) is 0 Å². The zero-order valence-corrected chi connectivity index (χ0v) is 16.7. The average molecular weight is 406 g/mol. The Morgan fingerprint density at radius 1 is 1.04 bits per heavy atom. The van der Waals surface area contributed by atoms with E-state index in [2.05, 4.69) is 39.4 Å². The summed E-state index contributed by atoms with van der Waals surface area (Å²) in [5.41, 5.74) is 1.92. The van der Waals surface area contributed by atoms with Crippen molar-refractivity contribution in [1.29, 1.82) is 0 Å². The van der Waals surface area contributed by atoms with Crippen LogP contribution in [0.2, 0.25) is 0 Å². The van der Waals surface area contributed by atoms with E-state index in [1.807, 2.05) is 13.0 Å². The number of piperazine rings is 1. The van der Waals surface area contributed by atoms with Gasteiger partial charge >= 0.3 is 0 Å². The van der Waals surface area contributed by atoms with Crippen LogP contribution in [0.25, 0.3) is 0 Å². The highest BCUT2D eigenvalue weighted by atomic mass is 32.2. The molecule has 1 saturated heterocycles. The maximum Gasteiger partial charge on any atom is 0.288 e. The van der Waals surface area contributed by atoms with Crippen LogP contribution in [0.3, 0.4) is 0 Å². The van der Waals surface area contributed by atoms with Gasteiger partial charge < -0.3 is 5.32 Å². The number of carbonyl (C=O) groups excluding carboxylic acids is 1. The predicted octanol–water partition coefficient (Wildman–Crippen LogP) is 4.15. The summed E-state index contributed by atoms with van der Waals surface area (Å²) in [6.45, 7) is 6.36. The third-order valence-corrected chi connectivity index (χ3v) is 5.65. The molecule has 0 radical (unpaired) electrons. The highest BCUT2D eigenvalue weighted by molar-refractivity contribution is 7.99. The molecule has 1 fully saturated rings. The molecule has 0 aromatic heterocycles. The highest BCUT2D eigenvalue weighted by Crippen LogP contribution is 2.26. The lowest BCUT2D eigenvalue weighted by molar-refractivity contribution is -0.121. The smallest absolute Gasteiger partial charge is 0.288 e. The van der Waals surface area contributed by atoms with Gasteiger partial charge in [-0.1, -0.05) is 42.1 Å². The maximum absolute atomic E-state index is 12.6. The minimum atomic E-state index is -2.44. The van der Waals surface area contributed by atoms with Gasteiger partial charge in [0.25, 0.3) is 5.76 Å². The number of nitrogens with zero attached hydrogens (tertiary/aromatic N) is 2. The summed E-state index contributed by atoms with van der Waals surface area (Å²) in [5.74, 6) is -2.52. The number of benzene rings is 2. The van der Waals surface area contributed by atoms with Crippen LogP contribution >= 0.6 is 11.8 Å². The van der Waals surface area contributed by atoms with E-state index in [1.165, 1.54) is 5.56 Å². The van der Waals surface area contributed by atoms with E-state index < -0.39 is 5.76 Å². The molecule has 2 aromatic rings. The number of alkyl halides is 2. The summed E-state index contributed by atoms with van der Waals surface area (Å²) in [6.07, 6.45) is 0. The minimum absolute atomic E-state index is 0.0780. The van der Waals surface area contributed by atoms with Crippen LogP contribution in [-0.4, -0.2) is 53.7 Å².